The average molecular weight is 299 g/mol. The fraction of sp³-hybridized carbons (Fsp3) is 0.353. The molecule has 3 rings (SSSR count). The number of aromatic nitrogens is 2. The predicted molar refractivity (Wildman–Crippen MR) is 87.1 cm³/mol. The number of ether oxygens (including phenoxy) is 2. The number of hydrogen-bond donors (Lipinski definition) is 1. The van der Waals surface area contributed by atoms with E-state index < -0.39 is 0 Å². The molecule has 0 spiro atoms. The molecular weight excluding hydrogens is 278 g/mol. The first-order valence-electron chi connectivity index (χ1n) is 7.41. The van der Waals surface area contributed by atoms with Crippen LogP contribution in [0.15, 0.2) is 42.9 Å². The number of nitrogens with one attached hydrogen (secondary N) is 1. The van der Waals surface area contributed by atoms with Crippen LogP contribution in [-0.4, -0.2) is 30.1 Å². The van der Waals surface area contributed by atoms with Crippen LogP contribution >= 0.6 is 0 Å². The molecule has 22 heavy (non-hydrogen) atoms. The highest BCUT2D eigenvalue weighted by Crippen LogP contribution is 2.37. The zero-order valence-electron chi connectivity index (χ0n) is 13.0. The fourth-order valence-electron chi connectivity index (χ4n) is 2.72. The summed E-state index contributed by atoms with van der Waals surface area (Å²) in [7, 11) is 1.68. The molecule has 1 aromatic carbocycles. The molecule has 0 radical (unpaired) electrons. The highest BCUT2D eigenvalue weighted by Gasteiger charge is 2.19. The van der Waals surface area contributed by atoms with Gasteiger partial charge >= 0.3 is 0 Å². The van der Waals surface area contributed by atoms with Crippen molar-refractivity contribution in [2.45, 2.75) is 19.4 Å². The Morgan fingerprint density at radius 2 is 2.36 bits per heavy atom. The number of anilines is 1. The van der Waals surface area contributed by atoms with Gasteiger partial charge in [0.2, 0.25) is 0 Å². The summed E-state index contributed by atoms with van der Waals surface area (Å²) in [5, 5.41) is 7.71. The van der Waals surface area contributed by atoms with Crippen molar-refractivity contribution < 1.29 is 9.47 Å². The lowest BCUT2D eigenvalue weighted by molar-refractivity contribution is 0.184. The molecule has 1 fully saturated rings. The van der Waals surface area contributed by atoms with Crippen LogP contribution in [-0.2, 0) is 4.74 Å². The largest absolute Gasteiger partial charge is 0.494 e. The summed E-state index contributed by atoms with van der Waals surface area (Å²) in [4.78, 5) is 0. The van der Waals surface area contributed by atoms with Gasteiger partial charge in [0.1, 0.15) is 5.75 Å². The summed E-state index contributed by atoms with van der Waals surface area (Å²) in [6, 6.07) is 6.34. The quantitative estimate of drug-likeness (QED) is 0.918. The van der Waals surface area contributed by atoms with Gasteiger partial charge in [-0.2, -0.15) is 5.10 Å². The molecule has 0 bridgehead atoms. The Balaban J connectivity index is 1.95. The van der Waals surface area contributed by atoms with Crippen LogP contribution in [0, 0.1) is 0 Å². The SMILES string of the molecule is C=C(C)Nc1cccc(-c2cnn(C3CCOC3)c2)c1OC. The maximum Gasteiger partial charge on any atom is 0.150 e. The smallest absolute Gasteiger partial charge is 0.150 e. The minimum atomic E-state index is 0.330. The van der Waals surface area contributed by atoms with Crippen LogP contribution in [0.5, 0.6) is 5.75 Å². The predicted octanol–water partition coefficient (Wildman–Crippen LogP) is 3.47. The van der Waals surface area contributed by atoms with E-state index in [4.69, 9.17) is 9.47 Å². The Bertz CT molecular complexity index is 672. The molecule has 2 heterocycles. The molecule has 1 aliphatic rings. The highest BCUT2D eigenvalue weighted by molar-refractivity contribution is 5.78. The van der Waals surface area contributed by atoms with E-state index in [1.807, 2.05) is 36.0 Å². The Hall–Kier alpha value is -2.27. The molecule has 116 valence electrons. The lowest BCUT2D eigenvalue weighted by atomic mass is 10.1. The van der Waals surface area contributed by atoms with Gasteiger partial charge in [-0.1, -0.05) is 18.7 Å². The van der Waals surface area contributed by atoms with Crippen LogP contribution in [0.2, 0.25) is 0 Å². The molecule has 0 amide bonds. The van der Waals surface area contributed by atoms with Gasteiger partial charge in [-0.25, -0.2) is 0 Å². The minimum Gasteiger partial charge on any atom is -0.494 e. The van der Waals surface area contributed by atoms with Crippen LogP contribution in [0.25, 0.3) is 11.1 Å². The Kier molecular flexibility index (Phi) is 4.15. The van der Waals surface area contributed by atoms with Gasteiger partial charge in [-0.15, -0.1) is 0 Å². The van der Waals surface area contributed by atoms with Crippen molar-refractivity contribution in [1.82, 2.24) is 9.78 Å². The number of allylic oxidation sites excluding steroid dienone is 1. The van der Waals surface area contributed by atoms with Crippen molar-refractivity contribution in [2.75, 3.05) is 25.6 Å². The van der Waals surface area contributed by atoms with E-state index in [2.05, 4.69) is 23.2 Å². The topological polar surface area (TPSA) is 48.3 Å². The lowest BCUT2D eigenvalue weighted by Crippen LogP contribution is -2.08. The van der Waals surface area contributed by atoms with Gasteiger partial charge < -0.3 is 14.8 Å². The standard InChI is InChI=1S/C17H21N3O2/c1-12(2)19-16-6-4-5-15(17(16)21-3)13-9-18-20(10-13)14-7-8-22-11-14/h4-6,9-10,14,19H,1,7-8,11H2,2-3H3. The first-order chi connectivity index (χ1) is 10.7. The van der Waals surface area contributed by atoms with E-state index in [1.165, 1.54) is 0 Å². The van der Waals surface area contributed by atoms with Crippen LogP contribution in [0.3, 0.4) is 0 Å². The zero-order valence-corrected chi connectivity index (χ0v) is 13.0. The van der Waals surface area contributed by atoms with Gasteiger partial charge in [0.15, 0.2) is 0 Å². The van der Waals surface area contributed by atoms with Crippen molar-refractivity contribution >= 4 is 5.69 Å². The van der Waals surface area contributed by atoms with Gasteiger partial charge in [0, 0.05) is 29.6 Å². The third-order valence-electron chi connectivity index (χ3n) is 3.76. The number of para-hydroxylation sites is 1. The third kappa shape index (κ3) is 2.85. The molecule has 5 heteroatoms. The van der Waals surface area contributed by atoms with Crippen molar-refractivity contribution in [2.24, 2.45) is 0 Å². The molecule has 1 atom stereocenters. The first-order valence-corrected chi connectivity index (χ1v) is 7.41. The Labute approximate surface area is 130 Å². The van der Waals surface area contributed by atoms with Gasteiger partial charge in [0.25, 0.3) is 0 Å². The molecule has 0 aliphatic carbocycles. The molecule has 2 aromatic rings. The lowest BCUT2D eigenvalue weighted by Gasteiger charge is -2.14. The van der Waals surface area contributed by atoms with Crippen molar-refractivity contribution in [3.05, 3.63) is 42.9 Å². The highest BCUT2D eigenvalue weighted by atomic mass is 16.5. The second-order valence-corrected chi connectivity index (χ2v) is 5.52. The van der Waals surface area contributed by atoms with Crippen LogP contribution in [0.4, 0.5) is 5.69 Å². The van der Waals surface area contributed by atoms with E-state index in [1.54, 1.807) is 7.11 Å². The van der Waals surface area contributed by atoms with Crippen LogP contribution in [0.1, 0.15) is 19.4 Å². The average Bonchev–Trinajstić information content (AvgIpc) is 3.17. The number of rotatable bonds is 5. The maximum absolute atomic E-state index is 5.60. The van der Waals surface area contributed by atoms with Crippen molar-refractivity contribution in [1.29, 1.82) is 0 Å². The van der Waals surface area contributed by atoms with Crippen LogP contribution < -0.4 is 10.1 Å². The molecule has 1 aromatic heterocycles. The Morgan fingerprint density at radius 1 is 1.50 bits per heavy atom. The number of hydrogen-bond acceptors (Lipinski definition) is 4. The van der Waals surface area contributed by atoms with Crippen molar-refractivity contribution in [3.63, 3.8) is 0 Å². The fourth-order valence-corrected chi connectivity index (χ4v) is 2.72. The molecule has 0 saturated carbocycles. The van der Waals surface area contributed by atoms with E-state index in [0.717, 1.165) is 47.9 Å². The monoisotopic (exact) mass is 299 g/mol. The zero-order chi connectivity index (χ0) is 15.5. The second kappa shape index (κ2) is 6.23. The summed E-state index contributed by atoms with van der Waals surface area (Å²) < 4.78 is 13.0. The molecule has 1 N–H and O–H groups in total. The molecular formula is C17H21N3O2. The number of methoxy groups -OCH3 is 1. The number of nitrogens with zero attached hydrogens (tertiary/aromatic N) is 2. The summed E-state index contributed by atoms with van der Waals surface area (Å²) in [6.45, 7) is 7.35. The molecule has 1 aliphatic heterocycles. The summed E-state index contributed by atoms with van der Waals surface area (Å²) in [5.74, 6) is 0.799. The van der Waals surface area contributed by atoms with Gasteiger partial charge in [-0.3, -0.25) is 4.68 Å². The van der Waals surface area contributed by atoms with E-state index >= 15 is 0 Å². The molecule has 5 nitrogen and oxygen atoms in total. The maximum atomic E-state index is 5.60. The summed E-state index contributed by atoms with van der Waals surface area (Å²) in [5.41, 5.74) is 3.83. The Morgan fingerprint density at radius 3 is 3.05 bits per heavy atom. The summed E-state index contributed by atoms with van der Waals surface area (Å²) >= 11 is 0. The molecule has 1 saturated heterocycles. The third-order valence-corrected chi connectivity index (χ3v) is 3.76. The van der Waals surface area contributed by atoms with E-state index in [9.17, 15) is 0 Å². The normalized spacial score (nSPS) is 17.5. The van der Waals surface area contributed by atoms with Gasteiger partial charge in [0.05, 0.1) is 31.6 Å². The number of benzene rings is 1. The van der Waals surface area contributed by atoms with E-state index in [-0.39, 0.29) is 0 Å². The summed E-state index contributed by atoms with van der Waals surface area (Å²) in [6.07, 6.45) is 4.94. The minimum absolute atomic E-state index is 0.330. The second-order valence-electron chi connectivity index (χ2n) is 5.52. The van der Waals surface area contributed by atoms with E-state index in [0.29, 0.717) is 6.04 Å². The first kappa shape index (κ1) is 14.7. The molecule has 1 unspecified atom stereocenters. The van der Waals surface area contributed by atoms with Gasteiger partial charge in [-0.05, 0) is 19.4 Å². The van der Waals surface area contributed by atoms with Crippen molar-refractivity contribution in [3.8, 4) is 16.9 Å².